The van der Waals surface area contributed by atoms with Gasteiger partial charge in [0.05, 0.1) is 25.0 Å². The van der Waals surface area contributed by atoms with Crippen molar-refractivity contribution in [3.05, 3.63) is 66.4 Å². The summed E-state index contributed by atoms with van der Waals surface area (Å²) in [6.45, 7) is 0.753. The van der Waals surface area contributed by atoms with Crippen LogP contribution in [0.2, 0.25) is 0 Å². The number of anilines is 2. The standard InChI is InChI=1S/C23H26N6O2/c1-31-18-8-5-17(6-9-18)7-10-22(30)29-15-3-2-4-20(29)19-11-12-26-23(27-19)28-21-16-24-13-14-25-21/h5-6,8-9,11-14,16,20H,2-4,7,10,15H2,1H3,(H,25,26,27,28). The van der Waals surface area contributed by atoms with Gasteiger partial charge in [0.25, 0.3) is 0 Å². The van der Waals surface area contributed by atoms with Crippen LogP contribution in [0, 0.1) is 0 Å². The first kappa shape index (κ1) is 20.7. The first-order valence-corrected chi connectivity index (χ1v) is 10.5. The molecule has 31 heavy (non-hydrogen) atoms. The first-order chi connectivity index (χ1) is 15.2. The lowest BCUT2D eigenvalue weighted by Crippen LogP contribution is -2.39. The number of nitrogens with one attached hydrogen (secondary N) is 1. The van der Waals surface area contributed by atoms with E-state index >= 15 is 0 Å². The Labute approximate surface area is 181 Å². The Morgan fingerprint density at radius 3 is 2.77 bits per heavy atom. The largest absolute Gasteiger partial charge is 0.497 e. The van der Waals surface area contributed by atoms with Crippen molar-refractivity contribution < 1.29 is 9.53 Å². The summed E-state index contributed by atoms with van der Waals surface area (Å²) in [5, 5.41) is 3.07. The molecule has 4 rings (SSSR count). The summed E-state index contributed by atoms with van der Waals surface area (Å²) in [4.78, 5) is 32.2. The fourth-order valence-electron chi connectivity index (χ4n) is 3.82. The van der Waals surface area contributed by atoms with Crippen LogP contribution in [-0.4, -0.2) is 44.4 Å². The molecule has 0 bridgehead atoms. The molecular weight excluding hydrogens is 392 g/mol. The highest BCUT2D eigenvalue weighted by atomic mass is 16.5. The third-order valence-corrected chi connectivity index (χ3v) is 5.43. The van der Waals surface area contributed by atoms with E-state index in [1.165, 1.54) is 0 Å². The molecule has 1 aromatic carbocycles. The molecule has 1 N–H and O–H groups in total. The molecule has 0 spiro atoms. The first-order valence-electron chi connectivity index (χ1n) is 10.5. The summed E-state index contributed by atoms with van der Waals surface area (Å²) in [5.74, 6) is 2.01. The van der Waals surface area contributed by atoms with E-state index in [4.69, 9.17) is 4.74 Å². The minimum Gasteiger partial charge on any atom is -0.497 e. The molecule has 1 unspecified atom stereocenters. The third-order valence-electron chi connectivity index (χ3n) is 5.43. The van der Waals surface area contributed by atoms with E-state index in [0.29, 0.717) is 24.6 Å². The highest BCUT2D eigenvalue weighted by Gasteiger charge is 2.29. The van der Waals surface area contributed by atoms with E-state index in [1.807, 2.05) is 35.2 Å². The van der Waals surface area contributed by atoms with Gasteiger partial charge in [0, 0.05) is 31.6 Å². The maximum atomic E-state index is 13.1. The lowest BCUT2D eigenvalue weighted by atomic mass is 9.98. The minimum absolute atomic E-state index is 0.0393. The van der Waals surface area contributed by atoms with Crippen molar-refractivity contribution in [1.82, 2.24) is 24.8 Å². The smallest absolute Gasteiger partial charge is 0.228 e. The zero-order valence-electron chi connectivity index (χ0n) is 17.6. The van der Waals surface area contributed by atoms with Crippen LogP contribution >= 0.6 is 0 Å². The van der Waals surface area contributed by atoms with E-state index in [9.17, 15) is 4.79 Å². The Balaban J connectivity index is 1.44. The van der Waals surface area contributed by atoms with Crippen LogP contribution in [0.4, 0.5) is 11.8 Å². The van der Waals surface area contributed by atoms with Crippen LogP contribution in [0.3, 0.4) is 0 Å². The molecule has 3 aromatic rings. The summed E-state index contributed by atoms with van der Waals surface area (Å²) >= 11 is 0. The number of amides is 1. The van der Waals surface area contributed by atoms with Gasteiger partial charge >= 0.3 is 0 Å². The van der Waals surface area contributed by atoms with Crippen LogP contribution in [0.25, 0.3) is 0 Å². The average molecular weight is 419 g/mol. The molecule has 160 valence electrons. The van der Waals surface area contributed by atoms with Gasteiger partial charge in [-0.15, -0.1) is 0 Å². The number of hydrogen-bond donors (Lipinski definition) is 1. The van der Waals surface area contributed by atoms with Gasteiger partial charge in [-0.1, -0.05) is 12.1 Å². The van der Waals surface area contributed by atoms with Crippen molar-refractivity contribution >= 4 is 17.7 Å². The van der Waals surface area contributed by atoms with Crippen molar-refractivity contribution in [1.29, 1.82) is 0 Å². The normalized spacial score (nSPS) is 16.0. The molecule has 8 nitrogen and oxygen atoms in total. The van der Waals surface area contributed by atoms with Gasteiger partial charge in [-0.2, -0.15) is 0 Å². The number of piperidine rings is 1. The predicted octanol–water partition coefficient (Wildman–Crippen LogP) is 3.71. The van der Waals surface area contributed by atoms with E-state index in [0.717, 1.165) is 42.8 Å². The zero-order chi connectivity index (χ0) is 21.5. The van der Waals surface area contributed by atoms with Crippen LogP contribution in [-0.2, 0) is 11.2 Å². The highest BCUT2D eigenvalue weighted by Crippen LogP contribution is 2.31. The lowest BCUT2D eigenvalue weighted by molar-refractivity contribution is -0.135. The molecule has 1 fully saturated rings. The monoisotopic (exact) mass is 418 g/mol. The summed E-state index contributed by atoms with van der Waals surface area (Å²) in [7, 11) is 1.65. The molecule has 2 aromatic heterocycles. The summed E-state index contributed by atoms with van der Waals surface area (Å²) in [6, 6.07) is 9.72. The topological polar surface area (TPSA) is 93.1 Å². The second kappa shape index (κ2) is 9.97. The molecule has 0 saturated carbocycles. The molecule has 8 heteroatoms. The van der Waals surface area contributed by atoms with E-state index < -0.39 is 0 Å². The minimum atomic E-state index is -0.0393. The molecule has 1 aliphatic heterocycles. The van der Waals surface area contributed by atoms with E-state index in [2.05, 4.69) is 25.3 Å². The third kappa shape index (κ3) is 5.33. The Kier molecular flexibility index (Phi) is 6.66. The molecule has 1 atom stereocenters. The van der Waals surface area contributed by atoms with Crippen molar-refractivity contribution in [3.8, 4) is 5.75 Å². The molecule has 1 aliphatic rings. The molecule has 3 heterocycles. The molecule has 0 aliphatic carbocycles. The molecule has 0 radical (unpaired) electrons. The number of methoxy groups -OCH3 is 1. The Bertz CT molecular complexity index is 996. The number of likely N-dealkylation sites (tertiary alicyclic amines) is 1. The number of hydrogen-bond acceptors (Lipinski definition) is 7. The van der Waals surface area contributed by atoms with Gasteiger partial charge in [0.2, 0.25) is 11.9 Å². The van der Waals surface area contributed by atoms with Gasteiger partial charge in [0.15, 0.2) is 5.82 Å². The Hall–Kier alpha value is -3.55. The maximum Gasteiger partial charge on any atom is 0.228 e. The Morgan fingerprint density at radius 2 is 2.00 bits per heavy atom. The number of nitrogens with zero attached hydrogens (tertiary/aromatic N) is 5. The van der Waals surface area contributed by atoms with E-state index in [1.54, 1.807) is 31.9 Å². The fourth-order valence-corrected chi connectivity index (χ4v) is 3.82. The SMILES string of the molecule is COc1ccc(CCC(=O)N2CCCCC2c2ccnc(Nc3cnccn3)n2)cc1. The number of carbonyl (C=O) groups is 1. The van der Waals surface area contributed by atoms with Gasteiger partial charge in [-0.05, 0) is 49.4 Å². The van der Waals surface area contributed by atoms with Gasteiger partial charge in [0.1, 0.15) is 5.75 Å². The van der Waals surface area contributed by atoms with E-state index in [-0.39, 0.29) is 11.9 Å². The zero-order valence-corrected chi connectivity index (χ0v) is 17.6. The fraction of sp³-hybridized carbons (Fsp3) is 0.348. The summed E-state index contributed by atoms with van der Waals surface area (Å²) < 4.78 is 5.20. The number of aryl methyl sites for hydroxylation is 1. The average Bonchev–Trinajstić information content (AvgIpc) is 2.83. The van der Waals surface area contributed by atoms with Gasteiger partial charge in [-0.25, -0.2) is 15.0 Å². The highest BCUT2D eigenvalue weighted by molar-refractivity contribution is 5.77. The second-order valence-electron chi connectivity index (χ2n) is 7.47. The van der Waals surface area contributed by atoms with Gasteiger partial charge in [-0.3, -0.25) is 9.78 Å². The van der Waals surface area contributed by atoms with Gasteiger partial charge < -0.3 is 15.0 Å². The van der Waals surface area contributed by atoms with Crippen molar-refractivity contribution in [3.63, 3.8) is 0 Å². The number of rotatable bonds is 7. The maximum absolute atomic E-state index is 13.1. The van der Waals surface area contributed by atoms with Crippen molar-refractivity contribution in [2.75, 3.05) is 19.0 Å². The summed E-state index contributed by atoms with van der Waals surface area (Å²) in [5.41, 5.74) is 1.97. The number of ether oxygens (including phenoxy) is 1. The quantitative estimate of drug-likeness (QED) is 0.625. The number of benzene rings is 1. The lowest BCUT2D eigenvalue weighted by Gasteiger charge is -2.35. The van der Waals surface area contributed by atoms with Crippen LogP contribution < -0.4 is 10.1 Å². The molecular formula is C23H26N6O2. The summed E-state index contributed by atoms with van der Waals surface area (Å²) in [6.07, 6.45) is 10.7. The van der Waals surface area contributed by atoms with Crippen LogP contribution in [0.5, 0.6) is 5.75 Å². The van der Waals surface area contributed by atoms with Crippen molar-refractivity contribution in [2.24, 2.45) is 0 Å². The number of carbonyl (C=O) groups excluding carboxylic acids is 1. The second-order valence-corrected chi connectivity index (χ2v) is 7.47. The van der Waals surface area contributed by atoms with Crippen LogP contribution in [0.15, 0.2) is 55.1 Å². The van der Waals surface area contributed by atoms with Crippen molar-refractivity contribution in [2.45, 2.75) is 38.1 Å². The van der Waals surface area contributed by atoms with Crippen LogP contribution in [0.1, 0.15) is 43.0 Å². The predicted molar refractivity (Wildman–Crippen MR) is 117 cm³/mol. The molecule has 1 saturated heterocycles. The Morgan fingerprint density at radius 1 is 1.13 bits per heavy atom. The molecule has 1 amide bonds. The number of aromatic nitrogens is 4.